The highest BCUT2D eigenvalue weighted by Crippen LogP contribution is 2.44. The molecule has 0 aliphatic heterocycles. The number of nitrogens with zero attached hydrogens (tertiary/aromatic N) is 4. The summed E-state index contributed by atoms with van der Waals surface area (Å²) in [7, 11) is -2.26. The molecule has 0 spiro atoms. The Morgan fingerprint density at radius 3 is 2.16 bits per heavy atom. The van der Waals surface area contributed by atoms with Crippen LogP contribution in [-0.4, -0.2) is 40.6 Å². The molecule has 13 heteroatoms. The molecule has 0 N–H and O–H groups in total. The fourth-order valence-corrected chi connectivity index (χ4v) is 3.15. The summed E-state index contributed by atoms with van der Waals surface area (Å²) in [6.07, 6.45) is -4.75. The molecule has 2 aromatic heterocycles. The number of aryl methyl sites for hydroxylation is 2. The van der Waals surface area contributed by atoms with Crippen LogP contribution in [0.15, 0.2) is 41.3 Å². The Morgan fingerprint density at radius 2 is 1.61 bits per heavy atom. The molecule has 3 rings (SSSR count). The Balaban J connectivity index is 1.93. The summed E-state index contributed by atoms with van der Waals surface area (Å²) in [5.74, 6) is -5.53. The van der Waals surface area contributed by atoms with Gasteiger partial charge in [0.05, 0.1) is 4.90 Å². The molecule has 3 aromatic rings. The molecule has 0 bridgehead atoms. The SMILES string of the molecule is Cc1cc(Oc2cc(C(F)(F)C(F)(F)F)nn2C)nc(-c2ccc(S(C)(=O)=O)cc2)n1. The van der Waals surface area contributed by atoms with Crippen molar-refractivity contribution in [1.82, 2.24) is 19.7 Å². The molecule has 0 radical (unpaired) electrons. The molecule has 0 atom stereocenters. The summed E-state index contributed by atoms with van der Waals surface area (Å²) in [5.41, 5.74) is -0.662. The third kappa shape index (κ3) is 4.65. The Morgan fingerprint density at radius 1 is 1.00 bits per heavy atom. The van der Waals surface area contributed by atoms with Gasteiger partial charge in [0.25, 0.3) is 0 Å². The van der Waals surface area contributed by atoms with Crippen molar-refractivity contribution in [3.63, 3.8) is 0 Å². The van der Waals surface area contributed by atoms with Gasteiger partial charge in [0.2, 0.25) is 11.8 Å². The van der Waals surface area contributed by atoms with E-state index in [-0.39, 0.29) is 16.6 Å². The molecule has 2 heterocycles. The zero-order chi connectivity index (χ0) is 23.2. The maximum atomic E-state index is 13.5. The van der Waals surface area contributed by atoms with Crippen molar-refractivity contribution in [3.8, 4) is 23.1 Å². The molecule has 1 aromatic carbocycles. The second-order valence-corrected chi connectivity index (χ2v) is 8.65. The molecule has 0 saturated carbocycles. The molecule has 0 amide bonds. The average Bonchev–Trinajstić information content (AvgIpc) is 3.01. The summed E-state index contributed by atoms with van der Waals surface area (Å²) in [5, 5.41) is 3.20. The summed E-state index contributed by atoms with van der Waals surface area (Å²) in [6, 6.07) is 7.50. The van der Waals surface area contributed by atoms with Gasteiger partial charge in [0.15, 0.2) is 15.7 Å². The van der Waals surface area contributed by atoms with Gasteiger partial charge in [-0.1, -0.05) is 0 Å². The van der Waals surface area contributed by atoms with E-state index in [1.807, 2.05) is 0 Å². The van der Waals surface area contributed by atoms with Gasteiger partial charge in [-0.25, -0.2) is 18.1 Å². The molecular formula is C18H15F5N4O3S. The number of aromatic nitrogens is 4. The van der Waals surface area contributed by atoms with Crippen molar-refractivity contribution < 1.29 is 35.1 Å². The van der Waals surface area contributed by atoms with Gasteiger partial charge >= 0.3 is 12.1 Å². The lowest BCUT2D eigenvalue weighted by Gasteiger charge is -2.16. The van der Waals surface area contributed by atoms with Crippen LogP contribution in [0, 0.1) is 6.92 Å². The molecule has 0 aliphatic rings. The van der Waals surface area contributed by atoms with E-state index in [9.17, 15) is 30.4 Å². The van der Waals surface area contributed by atoms with Gasteiger partial charge in [0, 0.05) is 36.7 Å². The van der Waals surface area contributed by atoms with Gasteiger partial charge in [-0.2, -0.15) is 32.0 Å². The molecule has 7 nitrogen and oxygen atoms in total. The minimum Gasteiger partial charge on any atom is -0.421 e. The zero-order valence-corrected chi connectivity index (χ0v) is 17.1. The Bertz CT molecular complexity index is 1220. The predicted octanol–water partition coefficient (Wildman–Crippen LogP) is 4.04. The van der Waals surface area contributed by atoms with Gasteiger partial charge < -0.3 is 4.74 Å². The maximum absolute atomic E-state index is 13.5. The van der Waals surface area contributed by atoms with Crippen molar-refractivity contribution in [2.45, 2.75) is 23.9 Å². The van der Waals surface area contributed by atoms with E-state index in [0.717, 1.165) is 18.0 Å². The maximum Gasteiger partial charge on any atom is 0.459 e. The van der Waals surface area contributed by atoms with Crippen LogP contribution in [0.3, 0.4) is 0 Å². The monoisotopic (exact) mass is 462 g/mol. The second-order valence-electron chi connectivity index (χ2n) is 6.63. The van der Waals surface area contributed by atoms with Gasteiger partial charge in [-0.05, 0) is 31.2 Å². The summed E-state index contributed by atoms with van der Waals surface area (Å²) in [4.78, 5) is 8.41. The standard InChI is InChI=1S/C18H15F5N4O3S/c1-10-8-14(25-16(24-10)11-4-6-12(7-5-11)31(3,28)29)30-15-9-13(26-27(15)2)17(19,20)18(21,22)23/h4-9H,1-3H3. The second kappa shape index (κ2) is 7.55. The van der Waals surface area contributed by atoms with Crippen LogP contribution in [0.5, 0.6) is 11.8 Å². The molecular weight excluding hydrogens is 447 g/mol. The molecule has 0 saturated heterocycles. The Hall–Kier alpha value is -3.09. The smallest absolute Gasteiger partial charge is 0.421 e. The lowest BCUT2D eigenvalue weighted by atomic mass is 10.2. The lowest BCUT2D eigenvalue weighted by molar-refractivity contribution is -0.291. The minimum atomic E-state index is -5.81. The van der Waals surface area contributed by atoms with Gasteiger partial charge in [0.1, 0.15) is 5.69 Å². The largest absolute Gasteiger partial charge is 0.459 e. The van der Waals surface area contributed by atoms with E-state index < -0.39 is 33.5 Å². The lowest BCUT2D eigenvalue weighted by Crippen LogP contribution is -2.34. The summed E-state index contributed by atoms with van der Waals surface area (Å²) >= 11 is 0. The summed E-state index contributed by atoms with van der Waals surface area (Å²) in [6.45, 7) is 1.59. The number of alkyl halides is 5. The molecule has 0 fully saturated rings. The van der Waals surface area contributed by atoms with Crippen molar-refractivity contribution in [2.24, 2.45) is 7.05 Å². The van der Waals surface area contributed by atoms with E-state index >= 15 is 0 Å². The van der Waals surface area contributed by atoms with E-state index in [1.54, 1.807) is 6.92 Å². The van der Waals surface area contributed by atoms with Crippen molar-refractivity contribution in [3.05, 3.63) is 47.8 Å². The Labute approximate surface area is 173 Å². The molecule has 0 unspecified atom stereocenters. The first kappa shape index (κ1) is 22.6. The van der Waals surface area contributed by atoms with Crippen LogP contribution in [0.25, 0.3) is 11.4 Å². The van der Waals surface area contributed by atoms with E-state index in [2.05, 4.69) is 15.1 Å². The third-order valence-electron chi connectivity index (χ3n) is 4.10. The van der Waals surface area contributed by atoms with Crippen LogP contribution in [-0.2, 0) is 22.8 Å². The highest BCUT2D eigenvalue weighted by atomic mass is 32.2. The number of halogens is 5. The third-order valence-corrected chi connectivity index (χ3v) is 5.22. The first-order valence-electron chi connectivity index (χ1n) is 8.51. The predicted molar refractivity (Wildman–Crippen MR) is 98.5 cm³/mol. The first-order valence-corrected chi connectivity index (χ1v) is 10.4. The number of hydrogen-bond donors (Lipinski definition) is 0. The number of sulfone groups is 1. The average molecular weight is 462 g/mol. The minimum absolute atomic E-state index is 0.0911. The zero-order valence-electron chi connectivity index (χ0n) is 16.3. The van der Waals surface area contributed by atoms with Crippen molar-refractivity contribution in [2.75, 3.05) is 6.26 Å². The number of ether oxygens (including phenoxy) is 1. The number of benzene rings is 1. The molecule has 166 valence electrons. The van der Waals surface area contributed by atoms with Crippen molar-refractivity contribution in [1.29, 1.82) is 0 Å². The fraction of sp³-hybridized carbons (Fsp3) is 0.278. The van der Waals surface area contributed by atoms with Crippen LogP contribution in [0.2, 0.25) is 0 Å². The van der Waals surface area contributed by atoms with Gasteiger partial charge in [-0.3, -0.25) is 0 Å². The topological polar surface area (TPSA) is 87.0 Å². The van der Waals surface area contributed by atoms with E-state index in [1.165, 1.54) is 30.3 Å². The van der Waals surface area contributed by atoms with E-state index in [0.29, 0.717) is 17.3 Å². The van der Waals surface area contributed by atoms with Crippen LogP contribution in [0.4, 0.5) is 22.0 Å². The number of rotatable bonds is 5. The number of hydrogen-bond acceptors (Lipinski definition) is 6. The van der Waals surface area contributed by atoms with Crippen LogP contribution >= 0.6 is 0 Å². The molecule has 0 aliphatic carbocycles. The highest BCUT2D eigenvalue weighted by Gasteiger charge is 2.60. The quantitative estimate of drug-likeness (QED) is 0.532. The molecule has 31 heavy (non-hydrogen) atoms. The van der Waals surface area contributed by atoms with Crippen LogP contribution < -0.4 is 4.74 Å². The van der Waals surface area contributed by atoms with Crippen molar-refractivity contribution >= 4 is 9.84 Å². The van der Waals surface area contributed by atoms with Gasteiger partial charge in [-0.15, -0.1) is 0 Å². The summed E-state index contributed by atoms with van der Waals surface area (Å²) < 4.78 is 94.1. The normalized spacial score (nSPS) is 12.8. The Kier molecular flexibility index (Phi) is 5.50. The van der Waals surface area contributed by atoms with Crippen LogP contribution in [0.1, 0.15) is 11.4 Å². The highest BCUT2D eigenvalue weighted by molar-refractivity contribution is 7.90. The first-order chi connectivity index (χ1) is 14.2. The van der Waals surface area contributed by atoms with E-state index in [4.69, 9.17) is 4.74 Å². The fourth-order valence-electron chi connectivity index (χ4n) is 2.52.